The van der Waals surface area contributed by atoms with Crippen molar-refractivity contribution in [3.05, 3.63) is 0 Å². The zero-order valence-corrected chi connectivity index (χ0v) is 28.0. The average Bonchev–Trinajstić information content (AvgIpc) is 3.52. The van der Waals surface area contributed by atoms with E-state index in [1.807, 2.05) is 0 Å². The van der Waals surface area contributed by atoms with Gasteiger partial charge in [-0.15, -0.1) is 0 Å². The van der Waals surface area contributed by atoms with Crippen LogP contribution in [0.4, 0.5) is 0 Å². The fourth-order valence-electron chi connectivity index (χ4n) is 11.6. The van der Waals surface area contributed by atoms with Crippen molar-refractivity contribution in [1.29, 1.82) is 0 Å². The van der Waals surface area contributed by atoms with E-state index in [0.717, 1.165) is 81.1 Å². The van der Waals surface area contributed by atoms with Gasteiger partial charge in [0.2, 0.25) is 0 Å². The van der Waals surface area contributed by atoms with E-state index in [9.17, 15) is 0 Å². The molecule has 238 valence electrons. The zero-order valence-electron chi connectivity index (χ0n) is 28.0. The Morgan fingerprint density at radius 3 is 2.07 bits per heavy atom. The second-order valence-corrected chi connectivity index (χ2v) is 16.8. The van der Waals surface area contributed by atoms with E-state index in [1.165, 1.54) is 109 Å². The molecule has 0 aliphatic heterocycles. The van der Waals surface area contributed by atoms with Crippen molar-refractivity contribution in [2.75, 3.05) is 39.6 Å². The van der Waals surface area contributed by atoms with Gasteiger partial charge < -0.3 is 14.2 Å². The van der Waals surface area contributed by atoms with Crippen LogP contribution in [0.1, 0.15) is 144 Å². The molecule has 3 nitrogen and oxygen atoms in total. The molecule has 0 aromatic carbocycles. The number of hydrogen-bond donors (Lipinski definition) is 0. The number of rotatable bonds is 14. The minimum absolute atomic E-state index is 0.344. The van der Waals surface area contributed by atoms with Crippen molar-refractivity contribution in [3.63, 3.8) is 0 Å². The normalized spacial score (nSPS) is 43.5. The van der Waals surface area contributed by atoms with Crippen LogP contribution in [0, 0.1) is 57.7 Å². The molecule has 9 unspecified atom stereocenters. The molecule has 0 heterocycles. The van der Waals surface area contributed by atoms with Crippen molar-refractivity contribution < 1.29 is 14.2 Å². The van der Waals surface area contributed by atoms with Gasteiger partial charge in [0.05, 0.1) is 19.8 Å². The van der Waals surface area contributed by atoms with Crippen molar-refractivity contribution >= 4 is 0 Å². The Labute approximate surface area is 255 Å². The van der Waals surface area contributed by atoms with Crippen LogP contribution in [0.25, 0.3) is 0 Å². The van der Waals surface area contributed by atoms with E-state index in [2.05, 4.69) is 34.6 Å². The molecule has 5 rings (SSSR count). The summed E-state index contributed by atoms with van der Waals surface area (Å²) in [6, 6.07) is 0. The van der Waals surface area contributed by atoms with Crippen molar-refractivity contribution in [1.82, 2.24) is 0 Å². The monoisotopic (exact) mass is 573 g/mol. The molecule has 3 heteroatoms. The summed E-state index contributed by atoms with van der Waals surface area (Å²) < 4.78 is 18.9. The number of fused-ring (bicyclic) bond motifs is 2. The van der Waals surface area contributed by atoms with E-state index in [-0.39, 0.29) is 0 Å². The topological polar surface area (TPSA) is 27.7 Å². The molecule has 0 aromatic heterocycles. The van der Waals surface area contributed by atoms with E-state index >= 15 is 0 Å². The lowest BCUT2D eigenvalue weighted by Crippen LogP contribution is -2.46. The average molecular weight is 573 g/mol. The predicted octanol–water partition coefficient (Wildman–Crippen LogP) is 10.1. The smallest absolute Gasteiger partial charge is 0.0527 e. The molecule has 0 amide bonds. The Morgan fingerprint density at radius 1 is 0.659 bits per heavy atom. The highest BCUT2D eigenvalue weighted by atomic mass is 16.5. The van der Waals surface area contributed by atoms with E-state index in [0.29, 0.717) is 16.2 Å². The third-order valence-corrected chi connectivity index (χ3v) is 13.7. The van der Waals surface area contributed by atoms with Gasteiger partial charge in [0.15, 0.2) is 0 Å². The molecular weight excluding hydrogens is 504 g/mol. The lowest BCUT2D eigenvalue weighted by molar-refractivity contribution is -0.0799. The highest BCUT2D eigenvalue weighted by molar-refractivity contribution is 4.98. The maximum Gasteiger partial charge on any atom is 0.0527 e. The molecule has 0 radical (unpaired) electrons. The van der Waals surface area contributed by atoms with Gasteiger partial charge in [-0.2, -0.15) is 0 Å². The summed E-state index contributed by atoms with van der Waals surface area (Å²) in [6.45, 7) is 17.6. The molecule has 5 aliphatic carbocycles. The predicted molar refractivity (Wildman–Crippen MR) is 171 cm³/mol. The summed E-state index contributed by atoms with van der Waals surface area (Å²) >= 11 is 0. The summed E-state index contributed by atoms with van der Waals surface area (Å²) in [4.78, 5) is 0. The van der Waals surface area contributed by atoms with Gasteiger partial charge in [-0.05, 0) is 129 Å². The molecule has 0 bridgehead atoms. The molecule has 9 atom stereocenters. The Kier molecular flexibility index (Phi) is 11.3. The van der Waals surface area contributed by atoms with Crippen molar-refractivity contribution in [2.45, 2.75) is 144 Å². The van der Waals surface area contributed by atoms with Crippen LogP contribution in [0.5, 0.6) is 0 Å². The van der Waals surface area contributed by atoms with Crippen LogP contribution in [0.15, 0.2) is 0 Å². The van der Waals surface area contributed by atoms with Crippen molar-refractivity contribution in [3.8, 4) is 0 Å². The lowest BCUT2D eigenvalue weighted by atomic mass is 9.54. The molecular formula is C38H68O3. The molecule has 5 saturated carbocycles. The van der Waals surface area contributed by atoms with Gasteiger partial charge in [-0.1, -0.05) is 72.1 Å². The fourth-order valence-corrected chi connectivity index (χ4v) is 11.6. The minimum Gasteiger partial charge on any atom is -0.381 e. The van der Waals surface area contributed by atoms with Gasteiger partial charge >= 0.3 is 0 Å². The molecule has 0 spiro atoms. The van der Waals surface area contributed by atoms with E-state index in [1.54, 1.807) is 0 Å². The minimum atomic E-state index is 0.344. The standard InChI is InChI=1S/C38H68O3/c1-6-39-26-36(4)20-17-35-30(12-10-15-33(35)25-36)22-29(3)38(28-40-7-2)19-9-8-16-34(38)18-21-41-27-37(5)23-31-13-11-14-32(31)24-37/h29-35H,6-28H2,1-5H3. The Hall–Kier alpha value is -0.120. The molecule has 41 heavy (non-hydrogen) atoms. The molecule has 0 aromatic rings. The van der Waals surface area contributed by atoms with Crippen LogP contribution >= 0.6 is 0 Å². The molecule has 5 fully saturated rings. The van der Waals surface area contributed by atoms with Crippen LogP contribution in [0.3, 0.4) is 0 Å². The van der Waals surface area contributed by atoms with Crippen molar-refractivity contribution in [2.24, 2.45) is 57.7 Å². The summed E-state index contributed by atoms with van der Waals surface area (Å²) in [5.74, 6) is 6.30. The Bertz CT molecular complexity index is 784. The van der Waals surface area contributed by atoms with Crippen LogP contribution in [-0.4, -0.2) is 39.6 Å². The van der Waals surface area contributed by atoms with Gasteiger partial charge in [-0.25, -0.2) is 0 Å². The maximum absolute atomic E-state index is 6.58. The first-order chi connectivity index (χ1) is 19.8. The van der Waals surface area contributed by atoms with Gasteiger partial charge in [0.1, 0.15) is 0 Å². The number of hydrogen-bond acceptors (Lipinski definition) is 3. The fraction of sp³-hybridized carbons (Fsp3) is 1.00. The Morgan fingerprint density at radius 2 is 1.32 bits per heavy atom. The summed E-state index contributed by atoms with van der Waals surface area (Å²) in [6.07, 6.45) is 24.0. The van der Waals surface area contributed by atoms with Gasteiger partial charge in [-0.3, -0.25) is 0 Å². The maximum atomic E-state index is 6.58. The first-order valence-corrected chi connectivity index (χ1v) is 18.5. The quantitative estimate of drug-likeness (QED) is 0.194. The van der Waals surface area contributed by atoms with Gasteiger partial charge in [0.25, 0.3) is 0 Å². The van der Waals surface area contributed by atoms with Crippen LogP contribution in [-0.2, 0) is 14.2 Å². The first kappa shape index (κ1) is 32.3. The van der Waals surface area contributed by atoms with Crippen LogP contribution < -0.4 is 0 Å². The number of ether oxygens (including phenoxy) is 3. The zero-order chi connectivity index (χ0) is 28.9. The second kappa shape index (κ2) is 14.3. The Balaban J connectivity index is 1.19. The molecule has 5 aliphatic rings. The second-order valence-electron chi connectivity index (χ2n) is 16.8. The molecule has 0 N–H and O–H groups in total. The third kappa shape index (κ3) is 7.58. The SMILES string of the molecule is CCOCC1(C)CCC2C(CC(C)C3(COCC)CCCCC3CCOCC3(C)CC4CCCC4C3)CCCC2C1. The summed E-state index contributed by atoms with van der Waals surface area (Å²) in [7, 11) is 0. The highest BCUT2D eigenvalue weighted by Gasteiger charge is 2.49. The highest BCUT2D eigenvalue weighted by Crippen LogP contribution is 2.56. The third-order valence-electron chi connectivity index (χ3n) is 13.7. The van der Waals surface area contributed by atoms with Gasteiger partial charge in [0, 0.05) is 19.8 Å². The molecule has 0 saturated heterocycles. The van der Waals surface area contributed by atoms with Crippen LogP contribution in [0.2, 0.25) is 0 Å². The largest absolute Gasteiger partial charge is 0.381 e. The van der Waals surface area contributed by atoms with E-state index < -0.39 is 0 Å². The first-order valence-electron chi connectivity index (χ1n) is 18.5. The summed E-state index contributed by atoms with van der Waals surface area (Å²) in [5.41, 5.74) is 1.19. The lowest BCUT2D eigenvalue weighted by Gasteiger charge is -2.52. The summed E-state index contributed by atoms with van der Waals surface area (Å²) in [5, 5.41) is 0. The van der Waals surface area contributed by atoms with E-state index in [4.69, 9.17) is 14.2 Å².